The quantitative estimate of drug-likeness (QED) is 0.228. The summed E-state index contributed by atoms with van der Waals surface area (Å²) in [5, 5.41) is 0.721. The zero-order valence-electron chi connectivity index (χ0n) is 17.8. The van der Waals surface area contributed by atoms with Crippen LogP contribution in [0.25, 0.3) is 39.1 Å². The van der Waals surface area contributed by atoms with Crippen LogP contribution in [0.1, 0.15) is 12.6 Å². The number of terminal acetylenes is 1. The minimum atomic E-state index is 0.721. The van der Waals surface area contributed by atoms with Crippen molar-refractivity contribution in [1.29, 1.82) is 0 Å². The molecule has 0 amide bonds. The topological polar surface area (TPSA) is 12.9 Å². The monoisotopic (exact) mass is 431 g/mol. The first-order valence-corrected chi connectivity index (χ1v) is 10.8. The third-order valence-corrected chi connectivity index (χ3v) is 5.37. The lowest BCUT2D eigenvalue weighted by Crippen LogP contribution is -1.94. The highest BCUT2D eigenvalue weighted by molar-refractivity contribution is 6.30. The summed E-state index contributed by atoms with van der Waals surface area (Å²) in [6, 6.07) is 30.6. The van der Waals surface area contributed by atoms with E-state index in [9.17, 15) is 0 Å². The van der Waals surface area contributed by atoms with Crippen LogP contribution in [0.15, 0.2) is 109 Å². The Morgan fingerprint density at radius 2 is 1.44 bits per heavy atom. The number of hydrogen-bond acceptors (Lipinski definition) is 1. The molecule has 0 fully saturated rings. The standard InChI is InChI=1S/C30H22ClN/c1-3-5-11-22(4-2)29-20-27(21-30(32-29)23-12-7-6-8-13-23)25-15-9-14-24(18-25)26-16-10-17-28(31)19-26/h2-3,5-21H,1H3. The van der Waals surface area contributed by atoms with Gasteiger partial charge in [0.15, 0.2) is 0 Å². The van der Waals surface area contributed by atoms with Gasteiger partial charge in [-0.1, -0.05) is 90.3 Å². The largest absolute Gasteiger partial charge is 0.247 e. The summed E-state index contributed by atoms with van der Waals surface area (Å²) in [7, 11) is 0. The summed E-state index contributed by atoms with van der Waals surface area (Å²) in [5.74, 6) is 2.79. The van der Waals surface area contributed by atoms with E-state index in [0.717, 1.165) is 49.8 Å². The highest BCUT2D eigenvalue weighted by Crippen LogP contribution is 2.31. The van der Waals surface area contributed by atoms with Crippen LogP contribution < -0.4 is 0 Å². The Hall–Kier alpha value is -3.86. The first-order valence-electron chi connectivity index (χ1n) is 10.4. The van der Waals surface area contributed by atoms with Crippen LogP contribution in [-0.4, -0.2) is 4.98 Å². The summed E-state index contributed by atoms with van der Waals surface area (Å²) < 4.78 is 0. The van der Waals surface area contributed by atoms with E-state index in [0.29, 0.717) is 0 Å². The number of nitrogens with zero attached hydrogens (tertiary/aromatic N) is 1. The molecule has 0 unspecified atom stereocenters. The lowest BCUT2D eigenvalue weighted by molar-refractivity contribution is 1.28. The van der Waals surface area contributed by atoms with E-state index in [1.165, 1.54) is 0 Å². The molecule has 0 aliphatic carbocycles. The molecule has 4 rings (SSSR count). The second-order valence-corrected chi connectivity index (χ2v) is 7.77. The van der Waals surface area contributed by atoms with E-state index in [4.69, 9.17) is 23.0 Å². The highest BCUT2D eigenvalue weighted by atomic mass is 35.5. The zero-order valence-corrected chi connectivity index (χ0v) is 18.6. The molecule has 154 valence electrons. The van der Waals surface area contributed by atoms with Gasteiger partial charge in [0.05, 0.1) is 11.4 Å². The van der Waals surface area contributed by atoms with Gasteiger partial charge in [0, 0.05) is 16.2 Å². The first kappa shape index (κ1) is 21.4. The Morgan fingerprint density at radius 1 is 0.781 bits per heavy atom. The van der Waals surface area contributed by atoms with Gasteiger partial charge in [-0.15, -0.1) is 6.42 Å². The maximum absolute atomic E-state index is 6.21. The lowest BCUT2D eigenvalue weighted by atomic mass is 9.96. The summed E-state index contributed by atoms with van der Waals surface area (Å²) in [6.45, 7) is 1.96. The Bertz CT molecular complexity index is 1340. The zero-order chi connectivity index (χ0) is 22.3. The summed E-state index contributed by atoms with van der Waals surface area (Å²) >= 11 is 6.21. The molecule has 0 aliphatic rings. The van der Waals surface area contributed by atoms with Gasteiger partial charge in [-0.25, -0.2) is 4.98 Å². The van der Waals surface area contributed by atoms with Crippen molar-refractivity contribution in [2.45, 2.75) is 6.92 Å². The van der Waals surface area contributed by atoms with Gasteiger partial charge in [0.2, 0.25) is 0 Å². The Morgan fingerprint density at radius 3 is 2.12 bits per heavy atom. The third-order valence-electron chi connectivity index (χ3n) is 5.14. The van der Waals surface area contributed by atoms with Gasteiger partial charge >= 0.3 is 0 Å². The predicted octanol–water partition coefficient (Wildman–Crippen LogP) is 8.33. The van der Waals surface area contributed by atoms with Gasteiger partial charge in [0.1, 0.15) is 0 Å². The van der Waals surface area contributed by atoms with Crippen LogP contribution in [0.3, 0.4) is 0 Å². The van der Waals surface area contributed by atoms with Gasteiger partial charge in [-0.3, -0.25) is 0 Å². The molecule has 0 bridgehead atoms. The minimum absolute atomic E-state index is 0.721. The van der Waals surface area contributed by atoms with Crippen molar-refractivity contribution in [3.63, 3.8) is 0 Å². The van der Waals surface area contributed by atoms with Crippen molar-refractivity contribution in [3.8, 4) is 45.9 Å². The molecule has 32 heavy (non-hydrogen) atoms. The number of rotatable bonds is 5. The molecule has 1 heterocycles. The van der Waals surface area contributed by atoms with Crippen LogP contribution in [0, 0.1) is 12.3 Å². The van der Waals surface area contributed by atoms with Crippen LogP contribution in [0.2, 0.25) is 5.02 Å². The fraction of sp³-hybridized carbons (Fsp3) is 0.0333. The van der Waals surface area contributed by atoms with Crippen molar-refractivity contribution in [1.82, 2.24) is 4.98 Å². The van der Waals surface area contributed by atoms with E-state index >= 15 is 0 Å². The molecule has 0 atom stereocenters. The number of hydrogen-bond donors (Lipinski definition) is 0. The molecule has 0 radical (unpaired) electrons. The van der Waals surface area contributed by atoms with Crippen molar-refractivity contribution >= 4 is 17.2 Å². The van der Waals surface area contributed by atoms with Crippen LogP contribution in [-0.2, 0) is 0 Å². The predicted molar refractivity (Wildman–Crippen MR) is 137 cm³/mol. The highest BCUT2D eigenvalue weighted by Gasteiger charge is 2.10. The van der Waals surface area contributed by atoms with Crippen molar-refractivity contribution in [2.75, 3.05) is 0 Å². The van der Waals surface area contributed by atoms with E-state index in [1.54, 1.807) is 0 Å². The van der Waals surface area contributed by atoms with Crippen molar-refractivity contribution < 1.29 is 0 Å². The van der Waals surface area contributed by atoms with Gasteiger partial charge in [-0.2, -0.15) is 0 Å². The maximum atomic E-state index is 6.21. The third kappa shape index (κ3) is 4.89. The number of pyridine rings is 1. The van der Waals surface area contributed by atoms with Crippen molar-refractivity contribution in [3.05, 3.63) is 120 Å². The molecule has 3 aromatic carbocycles. The minimum Gasteiger partial charge on any atom is -0.247 e. The first-order chi connectivity index (χ1) is 15.7. The number of halogens is 1. The lowest BCUT2D eigenvalue weighted by Gasteiger charge is -2.11. The molecule has 0 saturated carbocycles. The van der Waals surface area contributed by atoms with Gasteiger partial charge in [0.25, 0.3) is 0 Å². The Balaban J connectivity index is 1.88. The van der Waals surface area contributed by atoms with E-state index in [-0.39, 0.29) is 0 Å². The summed E-state index contributed by atoms with van der Waals surface area (Å²) in [5.41, 5.74) is 7.77. The van der Waals surface area contributed by atoms with Crippen molar-refractivity contribution in [2.24, 2.45) is 0 Å². The number of allylic oxidation sites excluding steroid dienone is 4. The molecular weight excluding hydrogens is 410 g/mol. The fourth-order valence-corrected chi connectivity index (χ4v) is 3.73. The molecule has 0 saturated heterocycles. The average Bonchev–Trinajstić information content (AvgIpc) is 2.85. The SMILES string of the molecule is C#CC(=CC=CC)c1cc(-c2cccc(-c3cccc(Cl)c3)c2)cc(-c2ccccc2)n1. The molecular formula is C30H22ClN. The summed E-state index contributed by atoms with van der Waals surface area (Å²) in [6.07, 6.45) is 11.6. The second-order valence-electron chi connectivity index (χ2n) is 7.33. The molecule has 0 spiro atoms. The van der Waals surface area contributed by atoms with Gasteiger partial charge in [-0.05, 0) is 65.6 Å². The molecule has 1 nitrogen and oxygen atoms in total. The van der Waals surface area contributed by atoms with Crippen LogP contribution in [0.4, 0.5) is 0 Å². The average molecular weight is 432 g/mol. The normalized spacial score (nSPS) is 11.5. The Kier molecular flexibility index (Phi) is 6.66. The Labute approximate surface area is 194 Å². The van der Waals surface area contributed by atoms with E-state index in [2.05, 4.69) is 60.5 Å². The second kappa shape index (κ2) is 9.96. The summed E-state index contributed by atoms with van der Waals surface area (Å²) in [4.78, 5) is 4.88. The molecule has 0 aliphatic heterocycles. The number of benzene rings is 3. The molecule has 1 aromatic heterocycles. The molecule has 0 N–H and O–H groups in total. The molecule has 4 aromatic rings. The van der Waals surface area contributed by atoms with Crippen LogP contribution in [0.5, 0.6) is 0 Å². The van der Waals surface area contributed by atoms with E-state index < -0.39 is 0 Å². The van der Waals surface area contributed by atoms with Crippen LogP contribution >= 0.6 is 11.6 Å². The fourth-order valence-electron chi connectivity index (χ4n) is 3.54. The number of aromatic nitrogens is 1. The van der Waals surface area contributed by atoms with E-state index in [1.807, 2.05) is 61.5 Å². The smallest absolute Gasteiger partial charge is 0.0799 e. The van der Waals surface area contributed by atoms with Gasteiger partial charge < -0.3 is 0 Å². The maximum Gasteiger partial charge on any atom is 0.0799 e. The molecule has 2 heteroatoms.